The molecule has 2 N–H and O–H groups in total. The lowest BCUT2D eigenvalue weighted by molar-refractivity contribution is 0.302. The molecule has 0 saturated heterocycles. The van der Waals surface area contributed by atoms with E-state index >= 15 is 0 Å². The van der Waals surface area contributed by atoms with E-state index in [-0.39, 0.29) is 0 Å². The average molecular weight is 412 g/mol. The van der Waals surface area contributed by atoms with Crippen LogP contribution in [0, 0.1) is 0 Å². The summed E-state index contributed by atoms with van der Waals surface area (Å²) in [5, 5.41) is 4.64. The molecule has 0 unspecified atom stereocenters. The van der Waals surface area contributed by atoms with Crippen LogP contribution in [0.25, 0.3) is 11.0 Å². The topological polar surface area (TPSA) is 49.9 Å². The van der Waals surface area contributed by atoms with Gasteiger partial charge in [0.05, 0.1) is 17.6 Å². The highest BCUT2D eigenvalue weighted by Crippen LogP contribution is 2.24. The number of imidazole rings is 1. The summed E-state index contributed by atoms with van der Waals surface area (Å²) in [6, 6.07) is 21.4. The summed E-state index contributed by atoms with van der Waals surface area (Å²) in [6.07, 6.45) is 0. The normalized spacial score (nSPS) is 11.1. The van der Waals surface area contributed by atoms with Crippen LogP contribution in [-0.4, -0.2) is 9.97 Å². The Morgan fingerprint density at radius 2 is 1.71 bits per heavy atom. The average Bonchev–Trinajstić information content (AvgIpc) is 3.11. The fraction of sp³-hybridized carbons (Fsp3) is 0.136. The van der Waals surface area contributed by atoms with Gasteiger partial charge < -0.3 is 15.0 Å². The first kappa shape index (κ1) is 18.8. The van der Waals surface area contributed by atoms with Gasteiger partial charge in [0.2, 0.25) is 0 Å². The fourth-order valence-corrected chi connectivity index (χ4v) is 3.45. The predicted octanol–water partition coefficient (Wildman–Crippen LogP) is 5.74. The molecule has 0 saturated carbocycles. The summed E-state index contributed by atoms with van der Waals surface area (Å²) in [4.78, 5) is 7.91. The molecule has 28 heavy (non-hydrogen) atoms. The molecule has 0 aliphatic rings. The van der Waals surface area contributed by atoms with E-state index in [1.54, 1.807) is 6.07 Å². The first-order valence-electron chi connectivity index (χ1n) is 8.98. The predicted molar refractivity (Wildman–Crippen MR) is 114 cm³/mol. The maximum absolute atomic E-state index is 6.23. The van der Waals surface area contributed by atoms with Crippen LogP contribution in [-0.2, 0) is 19.7 Å². The smallest absolute Gasteiger partial charge is 0.124 e. The Hall–Kier alpha value is -2.53. The number of rotatable bonds is 7. The van der Waals surface area contributed by atoms with Gasteiger partial charge in [0.1, 0.15) is 18.2 Å². The van der Waals surface area contributed by atoms with Crippen molar-refractivity contribution < 1.29 is 4.74 Å². The number of para-hydroxylation sites is 3. The van der Waals surface area contributed by atoms with Crippen molar-refractivity contribution in [1.82, 2.24) is 15.3 Å². The van der Waals surface area contributed by atoms with Crippen molar-refractivity contribution in [2.24, 2.45) is 0 Å². The second-order valence-corrected chi connectivity index (χ2v) is 7.28. The number of ether oxygens (including phenoxy) is 1. The molecule has 0 amide bonds. The van der Waals surface area contributed by atoms with Crippen molar-refractivity contribution in [3.63, 3.8) is 0 Å². The Morgan fingerprint density at radius 1 is 0.893 bits per heavy atom. The largest absolute Gasteiger partial charge is 0.489 e. The van der Waals surface area contributed by atoms with E-state index in [1.165, 1.54) is 0 Å². The number of aromatic nitrogens is 2. The number of nitrogens with zero attached hydrogens (tertiary/aromatic N) is 1. The molecule has 0 fully saturated rings. The lowest BCUT2D eigenvalue weighted by Crippen LogP contribution is -2.14. The number of benzene rings is 3. The van der Waals surface area contributed by atoms with Crippen molar-refractivity contribution in [3.8, 4) is 5.75 Å². The Balaban J connectivity index is 1.38. The van der Waals surface area contributed by atoms with Crippen LogP contribution in [0.3, 0.4) is 0 Å². The highest BCUT2D eigenvalue weighted by atomic mass is 35.5. The zero-order valence-electron chi connectivity index (χ0n) is 15.1. The third kappa shape index (κ3) is 4.47. The minimum atomic E-state index is 0.386. The van der Waals surface area contributed by atoms with E-state index in [2.05, 4.69) is 15.3 Å². The van der Waals surface area contributed by atoms with Gasteiger partial charge in [-0.05, 0) is 30.3 Å². The first-order chi connectivity index (χ1) is 13.7. The van der Waals surface area contributed by atoms with Crippen LogP contribution in [0.5, 0.6) is 5.75 Å². The molecule has 0 aliphatic carbocycles. The molecular formula is C22H19Cl2N3O. The Morgan fingerprint density at radius 3 is 2.57 bits per heavy atom. The summed E-state index contributed by atoms with van der Waals surface area (Å²) in [5.74, 6) is 1.73. The van der Waals surface area contributed by atoms with Gasteiger partial charge in [-0.25, -0.2) is 4.98 Å². The van der Waals surface area contributed by atoms with E-state index in [4.69, 9.17) is 27.9 Å². The van der Waals surface area contributed by atoms with Crippen LogP contribution in [0.1, 0.15) is 17.0 Å². The van der Waals surface area contributed by atoms with E-state index in [1.807, 2.05) is 60.7 Å². The van der Waals surface area contributed by atoms with Crippen LogP contribution < -0.4 is 10.1 Å². The summed E-state index contributed by atoms with van der Waals surface area (Å²) in [7, 11) is 0. The van der Waals surface area contributed by atoms with Crippen molar-refractivity contribution in [2.75, 3.05) is 0 Å². The monoisotopic (exact) mass is 411 g/mol. The molecule has 0 radical (unpaired) electrons. The summed E-state index contributed by atoms with van der Waals surface area (Å²) in [6.45, 7) is 1.70. The van der Waals surface area contributed by atoms with Gasteiger partial charge in [0.15, 0.2) is 0 Å². The number of H-pyrrole nitrogens is 1. The molecular weight excluding hydrogens is 393 g/mol. The molecule has 4 nitrogen and oxygen atoms in total. The maximum atomic E-state index is 6.23. The molecule has 0 atom stereocenters. The number of aromatic amines is 1. The number of hydrogen-bond donors (Lipinski definition) is 2. The second-order valence-electron chi connectivity index (χ2n) is 6.44. The molecule has 142 valence electrons. The maximum Gasteiger partial charge on any atom is 0.124 e. The van der Waals surface area contributed by atoms with Gasteiger partial charge in [-0.3, -0.25) is 0 Å². The van der Waals surface area contributed by atoms with Gasteiger partial charge in [0, 0.05) is 27.7 Å². The van der Waals surface area contributed by atoms with Gasteiger partial charge in [0.25, 0.3) is 0 Å². The van der Waals surface area contributed by atoms with Crippen molar-refractivity contribution in [3.05, 3.63) is 93.7 Å². The van der Waals surface area contributed by atoms with Crippen molar-refractivity contribution in [1.29, 1.82) is 0 Å². The van der Waals surface area contributed by atoms with Crippen LogP contribution in [0.2, 0.25) is 10.0 Å². The van der Waals surface area contributed by atoms with Crippen LogP contribution >= 0.6 is 23.2 Å². The minimum absolute atomic E-state index is 0.386. The van der Waals surface area contributed by atoms with Crippen LogP contribution in [0.15, 0.2) is 66.7 Å². The standard InChI is InChI=1S/C22H19Cl2N3O/c23-17-10-9-16(18(24)11-17)14-28-21-8-4-1-5-15(21)12-25-13-22-26-19-6-2-3-7-20(19)27-22/h1-11,25H,12-14H2,(H,26,27). The number of halogens is 2. The van der Waals surface area contributed by atoms with Gasteiger partial charge >= 0.3 is 0 Å². The van der Waals surface area contributed by atoms with E-state index < -0.39 is 0 Å². The lowest BCUT2D eigenvalue weighted by Gasteiger charge is -2.13. The highest BCUT2D eigenvalue weighted by molar-refractivity contribution is 6.35. The van der Waals surface area contributed by atoms with Crippen molar-refractivity contribution in [2.45, 2.75) is 19.7 Å². The van der Waals surface area contributed by atoms with E-state index in [0.717, 1.165) is 33.7 Å². The zero-order chi connectivity index (χ0) is 19.3. The van der Waals surface area contributed by atoms with Crippen LogP contribution in [0.4, 0.5) is 0 Å². The molecule has 4 aromatic rings. The molecule has 1 aromatic heterocycles. The van der Waals surface area contributed by atoms with Gasteiger partial charge in [-0.15, -0.1) is 0 Å². The fourth-order valence-electron chi connectivity index (χ4n) is 2.99. The molecule has 0 spiro atoms. The Kier molecular flexibility index (Phi) is 5.81. The van der Waals surface area contributed by atoms with Gasteiger partial charge in [-0.1, -0.05) is 59.6 Å². The highest BCUT2D eigenvalue weighted by Gasteiger charge is 2.07. The quantitative estimate of drug-likeness (QED) is 0.407. The summed E-state index contributed by atoms with van der Waals surface area (Å²) < 4.78 is 6.00. The number of fused-ring (bicyclic) bond motifs is 1. The number of nitrogens with one attached hydrogen (secondary N) is 2. The second kappa shape index (κ2) is 8.65. The first-order valence-corrected chi connectivity index (χ1v) is 9.73. The Labute approximate surface area is 173 Å². The molecule has 6 heteroatoms. The number of hydrogen-bond acceptors (Lipinski definition) is 3. The van der Waals surface area contributed by atoms with Gasteiger partial charge in [-0.2, -0.15) is 0 Å². The minimum Gasteiger partial charge on any atom is -0.489 e. The zero-order valence-corrected chi connectivity index (χ0v) is 16.6. The lowest BCUT2D eigenvalue weighted by atomic mass is 10.2. The van der Waals surface area contributed by atoms with E-state index in [0.29, 0.717) is 29.7 Å². The third-order valence-corrected chi connectivity index (χ3v) is 5.00. The van der Waals surface area contributed by atoms with Crippen molar-refractivity contribution >= 4 is 34.2 Å². The molecule has 3 aromatic carbocycles. The molecule has 0 aliphatic heterocycles. The molecule has 1 heterocycles. The van der Waals surface area contributed by atoms with E-state index in [9.17, 15) is 0 Å². The summed E-state index contributed by atoms with van der Waals surface area (Å²) >= 11 is 12.2. The third-order valence-electron chi connectivity index (χ3n) is 4.42. The Bertz CT molecular complexity index is 1060. The summed E-state index contributed by atoms with van der Waals surface area (Å²) in [5.41, 5.74) is 3.99. The molecule has 4 rings (SSSR count). The SMILES string of the molecule is Clc1ccc(COc2ccccc2CNCc2nc3ccccc3[nH]2)c(Cl)c1. The molecule has 0 bridgehead atoms.